The van der Waals surface area contributed by atoms with Crippen LogP contribution in [0.15, 0.2) is 46.0 Å². The number of rotatable bonds is 8. The van der Waals surface area contributed by atoms with E-state index in [1.807, 2.05) is 31.4 Å². The summed E-state index contributed by atoms with van der Waals surface area (Å²) in [6, 6.07) is 10.9. The first kappa shape index (κ1) is 23.5. The highest BCUT2D eigenvalue weighted by Crippen LogP contribution is 2.23. The molecule has 2 amide bonds. The minimum Gasteiger partial charge on any atom is -0.341 e. The Kier molecular flexibility index (Phi) is 9.32. The molecule has 2 aromatic rings. The molecular formula is C19H26ClN3O2S2. The van der Waals surface area contributed by atoms with Crippen LogP contribution >= 0.6 is 35.5 Å². The van der Waals surface area contributed by atoms with E-state index in [2.05, 4.69) is 5.32 Å². The first-order valence-electron chi connectivity index (χ1n) is 8.32. The van der Waals surface area contributed by atoms with Gasteiger partial charge in [0, 0.05) is 24.8 Å². The maximum absolute atomic E-state index is 12.5. The largest absolute Gasteiger partial charge is 0.341 e. The van der Waals surface area contributed by atoms with Gasteiger partial charge in [0.2, 0.25) is 5.91 Å². The summed E-state index contributed by atoms with van der Waals surface area (Å²) in [6.07, 6.45) is 0. The van der Waals surface area contributed by atoms with Gasteiger partial charge in [-0.1, -0.05) is 19.9 Å². The van der Waals surface area contributed by atoms with Crippen LogP contribution in [0.2, 0.25) is 0 Å². The van der Waals surface area contributed by atoms with Gasteiger partial charge >= 0.3 is 0 Å². The number of nitrogens with zero attached hydrogens (tertiary/aromatic N) is 1. The fraction of sp³-hybridized carbons (Fsp3) is 0.368. The monoisotopic (exact) mass is 427 g/mol. The zero-order valence-electron chi connectivity index (χ0n) is 15.7. The van der Waals surface area contributed by atoms with Gasteiger partial charge in [0.05, 0.1) is 9.96 Å². The Morgan fingerprint density at radius 3 is 2.44 bits per heavy atom. The molecule has 1 aromatic carbocycles. The molecule has 1 aromatic heterocycles. The average molecular weight is 428 g/mol. The second kappa shape index (κ2) is 10.7. The summed E-state index contributed by atoms with van der Waals surface area (Å²) in [4.78, 5) is 26.2. The SMILES string of the molecule is CN(CC(C)(C)CN)C(=O)c1ccc(NC(=O)CSc2cccs2)cc1.Cl. The molecule has 5 nitrogen and oxygen atoms in total. The highest BCUT2D eigenvalue weighted by Gasteiger charge is 2.21. The summed E-state index contributed by atoms with van der Waals surface area (Å²) in [6.45, 7) is 5.16. The first-order valence-corrected chi connectivity index (χ1v) is 10.2. The van der Waals surface area contributed by atoms with Crippen LogP contribution in [0.4, 0.5) is 5.69 Å². The third-order valence-electron chi connectivity index (χ3n) is 3.82. The number of thioether (sulfide) groups is 1. The quantitative estimate of drug-likeness (QED) is 0.625. The zero-order chi connectivity index (χ0) is 19.2. The van der Waals surface area contributed by atoms with Crippen LogP contribution in [0.5, 0.6) is 0 Å². The molecule has 27 heavy (non-hydrogen) atoms. The number of amides is 2. The fourth-order valence-corrected chi connectivity index (χ4v) is 3.96. The van der Waals surface area contributed by atoms with Crippen molar-refractivity contribution in [1.82, 2.24) is 4.90 Å². The number of halogens is 1. The molecule has 0 spiro atoms. The number of carbonyl (C=O) groups excluding carboxylic acids is 2. The number of nitrogens with two attached hydrogens (primary N) is 1. The lowest BCUT2D eigenvalue weighted by atomic mass is 9.93. The van der Waals surface area contributed by atoms with E-state index in [1.165, 1.54) is 11.8 Å². The van der Waals surface area contributed by atoms with Crippen molar-refractivity contribution in [2.24, 2.45) is 11.1 Å². The van der Waals surface area contributed by atoms with Crippen molar-refractivity contribution in [3.05, 3.63) is 47.3 Å². The van der Waals surface area contributed by atoms with Gasteiger partial charge in [0.15, 0.2) is 0 Å². The third kappa shape index (κ3) is 7.54. The molecule has 0 radical (unpaired) electrons. The molecule has 0 aliphatic heterocycles. The molecule has 1 heterocycles. The van der Waals surface area contributed by atoms with Gasteiger partial charge in [-0.25, -0.2) is 0 Å². The van der Waals surface area contributed by atoms with Crippen LogP contribution < -0.4 is 11.1 Å². The van der Waals surface area contributed by atoms with E-state index in [4.69, 9.17) is 5.73 Å². The molecule has 0 bridgehead atoms. The lowest BCUT2D eigenvalue weighted by Crippen LogP contribution is -2.39. The van der Waals surface area contributed by atoms with Crippen molar-refractivity contribution in [2.45, 2.75) is 18.1 Å². The fourth-order valence-electron chi connectivity index (χ4n) is 2.37. The molecule has 0 aliphatic carbocycles. The summed E-state index contributed by atoms with van der Waals surface area (Å²) in [7, 11) is 1.78. The van der Waals surface area contributed by atoms with E-state index >= 15 is 0 Å². The highest BCUT2D eigenvalue weighted by atomic mass is 35.5. The number of anilines is 1. The highest BCUT2D eigenvalue weighted by molar-refractivity contribution is 8.01. The maximum atomic E-state index is 12.5. The first-order chi connectivity index (χ1) is 12.3. The molecule has 3 N–H and O–H groups in total. The number of benzene rings is 1. The number of hydrogen-bond acceptors (Lipinski definition) is 5. The topological polar surface area (TPSA) is 75.4 Å². The molecule has 0 fully saturated rings. The van der Waals surface area contributed by atoms with Crippen LogP contribution in [0, 0.1) is 5.41 Å². The average Bonchev–Trinajstić information content (AvgIpc) is 3.13. The molecule has 8 heteroatoms. The molecular weight excluding hydrogens is 402 g/mol. The lowest BCUT2D eigenvalue weighted by Gasteiger charge is -2.29. The van der Waals surface area contributed by atoms with E-state index < -0.39 is 0 Å². The Hall–Kier alpha value is -1.54. The normalized spacial score (nSPS) is 10.8. The number of hydrogen-bond donors (Lipinski definition) is 2. The smallest absolute Gasteiger partial charge is 0.253 e. The van der Waals surface area contributed by atoms with Gasteiger partial charge in [-0.05, 0) is 47.7 Å². The Morgan fingerprint density at radius 2 is 1.89 bits per heavy atom. The summed E-state index contributed by atoms with van der Waals surface area (Å²) in [5.74, 6) is 0.236. The van der Waals surface area contributed by atoms with Gasteiger partial charge in [-0.3, -0.25) is 9.59 Å². The number of carbonyl (C=O) groups is 2. The molecule has 148 valence electrons. The summed E-state index contributed by atoms with van der Waals surface area (Å²) in [5.41, 5.74) is 6.88. The van der Waals surface area contributed by atoms with Gasteiger partial charge in [0.1, 0.15) is 0 Å². The Bertz CT molecular complexity index is 734. The van der Waals surface area contributed by atoms with Crippen LogP contribution in [-0.2, 0) is 4.79 Å². The molecule has 0 aliphatic rings. The summed E-state index contributed by atoms with van der Waals surface area (Å²) in [5, 5.41) is 4.84. The molecule has 0 atom stereocenters. The third-order valence-corrected chi connectivity index (χ3v) is 5.95. The number of thiophene rings is 1. The number of nitrogens with one attached hydrogen (secondary N) is 1. The minimum atomic E-state index is -0.126. The second-order valence-electron chi connectivity index (χ2n) is 6.88. The van der Waals surface area contributed by atoms with E-state index in [1.54, 1.807) is 47.5 Å². The van der Waals surface area contributed by atoms with Crippen molar-refractivity contribution in [3.8, 4) is 0 Å². The molecule has 0 saturated carbocycles. The standard InChI is InChI=1S/C19H25N3O2S2.ClH/c1-19(2,12-20)13-22(3)18(24)14-6-8-15(9-7-14)21-16(23)11-26-17-5-4-10-25-17;/h4-10H,11-13,20H2,1-3H3,(H,21,23);1H. The van der Waals surface area contributed by atoms with Crippen LogP contribution in [0.25, 0.3) is 0 Å². The summed E-state index contributed by atoms with van der Waals surface area (Å²) >= 11 is 3.13. The maximum Gasteiger partial charge on any atom is 0.253 e. The van der Waals surface area contributed by atoms with Crippen LogP contribution in [0.3, 0.4) is 0 Å². The zero-order valence-corrected chi connectivity index (χ0v) is 18.2. The van der Waals surface area contributed by atoms with Crippen molar-refractivity contribution < 1.29 is 9.59 Å². The predicted molar refractivity (Wildman–Crippen MR) is 117 cm³/mol. The van der Waals surface area contributed by atoms with E-state index in [0.29, 0.717) is 30.1 Å². The lowest BCUT2D eigenvalue weighted by molar-refractivity contribution is -0.113. The van der Waals surface area contributed by atoms with E-state index in [0.717, 1.165) is 4.21 Å². The van der Waals surface area contributed by atoms with Gasteiger partial charge in [-0.2, -0.15) is 0 Å². The predicted octanol–water partition coefficient (Wildman–Crippen LogP) is 3.96. The van der Waals surface area contributed by atoms with E-state index in [9.17, 15) is 9.59 Å². The van der Waals surface area contributed by atoms with Crippen molar-refractivity contribution in [2.75, 3.05) is 31.2 Å². The minimum absolute atomic E-state index is 0. The summed E-state index contributed by atoms with van der Waals surface area (Å²) < 4.78 is 1.12. The molecule has 0 saturated heterocycles. The van der Waals surface area contributed by atoms with Crippen LogP contribution in [0.1, 0.15) is 24.2 Å². The van der Waals surface area contributed by atoms with Crippen molar-refractivity contribution in [3.63, 3.8) is 0 Å². The van der Waals surface area contributed by atoms with Gasteiger partial charge < -0.3 is 16.0 Å². The van der Waals surface area contributed by atoms with E-state index in [-0.39, 0.29) is 29.6 Å². The second-order valence-corrected chi connectivity index (χ2v) is 9.10. The van der Waals surface area contributed by atoms with Gasteiger partial charge in [0.25, 0.3) is 5.91 Å². The molecule has 0 unspecified atom stereocenters. The Labute approximate surface area is 175 Å². The van der Waals surface area contributed by atoms with Crippen molar-refractivity contribution in [1.29, 1.82) is 0 Å². The van der Waals surface area contributed by atoms with Crippen molar-refractivity contribution >= 4 is 53.0 Å². The van der Waals surface area contributed by atoms with Gasteiger partial charge in [-0.15, -0.1) is 35.5 Å². The van der Waals surface area contributed by atoms with Crippen LogP contribution in [-0.4, -0.2) is 42.6 Å². The Balaban J connectivity index is 0.00000364. The molecule has 2 rings (SSSR count). The Morgan fingerprint density at radius 1 is 1.22 bits per heavy atom.